The van der Waals surface area contributed by atoms with Crippen molar-refractivity contribution in [1.29, 1.82) is 0 Å². The van der Waals surface area contributed by atoms with Crippen LogP contribution in [0.4, 0.5) is 5.69 Å². The standard InChI is InChI=1S/C16H27N5O.HI/c1-20-9-3-10-21(13-12-20)11-8-18-16(17)19-14-4-6-15(22-2)7-5-14;/h4-7H,3,8-13H2,1-2H3,(H3,17,18,19);1H. The molecule has 2 rings (SSSR count). The Morgan fingerprint density at radius 3 is 2.65 bits per heavy atom. The number of nitrogens with one attached hydrogen (secondary N) is 1. The van der Waals surface area contributed by atoms with Crippen LogP contribution in [-0.4, -0.2) is 69.2 Å². The summed E-state index contributed by atoms with van der Waals surface area (Å²) in [5.74, 6) is 1.28. The molecule has 1 heterocycles. The van der Waals surface area contributed by atoms with E-state index in [0.29, 0.717) is 5.96 Å². The van der Waals surface area contributed by atoms with Gasteiger partial charge in [-0.05, 0) is 50.8 Å². The second-order valence-corrected chi connectivity index (χ2v) is 5.62. The molecule has 1 aliphatic rings. The number of nitrogens with zero attached hydrogens (tertiary/aromatic N) is 3. The van der Waals surface area contributed by atoms with Crippen LogP contribution in [0.15, 0.2) is 29.3 Å². The van der Waals surface area contributed by atoms with Crippen LogP contribution in [0.1, 0.15) is 6.42 Å². The molecule has 7 heteroatoms. The quantitative estimate of drug-likeness (QED) is 0.420. The number of guanidine groups is 1. The molecule has 1 saturated heterocycles. The zero-order valence-corrected chi connectivity index (χ0v) is 16.3. The van der Waals surface area contributed by atoms with E-state index in [0.717, 1.165) is 44.2 Å². The molecule has 0 bridgehead atoms. The molecule has 0 saturated carbocycles. The third-order valence-electron chi connectivity index (χ3n) is 3.87. The summed E-state index contributed by atoms with van der Waals surface area (Å²) in [6.07, 6.45) is 1.22. The molecule has 0 unspecified atom stereocenters. The van der Waals surface area contributed by atoms with Gasteiger partial charge in [-0.2, -0.15) is 0 Å². The SMILES string of the molecule is COc1ccc(NC(N)=NCCN2CCCN(C)CC2)cc1.I. The molecule has 0 atom stereocenters. The van der Waals surface area contributed by atoms with E-state index in [1.807, 2.05) is 24.3 Å². The third kappa shape index (κ3) is 7.36. The van der Waals surface area contributed by atoms with Gasteiger partial charge in [0.15, 0.2) is 5.96 Å². The van der Waals surface area contributed by atoms with Crippen LogP contribution in [0.2, 0.25) is 0 Å². The molecule has 130 valence electrons. The number of hydrogen-bond donors (Lipinski definition) is 2. The van der Waals surface area contributed by atoms with Crippen LogP contribution in [0.25, 0.3) is 0 Å². The second kappa shape index (κ2) is 10.7. The number of benzene rings is 1. The van der Waals surface area contributed by atoms with E-state index in [-0.39, 0.29) is 24.0 Å². The summed E-state index contributed by atoms with van der Waals surface area (Å²) in [5, 5.41) is 3.10. The summed E-state index contributed by atoms with van der Waals surface area (Å²) in [4.78, 5) is 9.23. The van der Waals surface area contributed by atoms with E-state index in [2.05, 4.69) is 27.2 Å². The molecule has 0 amide bonds. The lowest BCUT2D eigenvalue weighted by Crippen LogP contribution is -2.32. The molecular formula is C16H28IN5O. The molecule has 1 aromatic carbocycles. The van der Waals surface area contributed by atoms with Crippen molar-refractivity contribution >= 4 is 35.6 Å². The monoisotopic (exact) mass is 433 g/mol. The molecule has 1 fully saturated rings. The van der Waals surface area contributed by atoms with Crippen molar-refractivity contribution in [1.82, 2.24) is 9.80 Å². The Hall–Kier alpha value is -1.06. The first-order chi connectivity index (χ1) is 10.7. The van der Waals surface area contributed by atoms with E-state index in [1.54, 1.807) is 7.11 Å². The fraction of sp³-hybridized carbons (Fsp3) is 0.562. The smallest absolute Gasteiger partial charge is 0.193 e. The molecule has 6 nitrogen and oxygen atoms in total. The molecule has 0 radical (unpaired) electrons. The minimum atomic E-state index is 0. The van der Waals surface area contributed by atoms with Crippen molar-refractivity contribution in [2.75, 3.05) is 58.7 Å². The highest BCUT2D eigenvalue weighted by molar-refractivity contribution is 14.0. The maximum atomic E-state index is 5.93. The van der Waals surface area contributed by atoms with E-state index in [9.17, 15) is 0 Å². The van der Waals surface area contributed by atoms with Gasteiger partial charge in [0.2, 0.25) is 0 Å². The third-order valence-corrected chi connectivity index (χ3v) is 3.87. The normalized spacial score (nSPS) is 17.2. The topological polar surface area (TPSA) is 66.1 Å². The number of likely N-dealkylation sites (N-methyl/N-ethyl adjacent to an activating group) is 1. The van der Waals surface area contributed by atoms with Gasteiger partial charge in [0.05, 0.1) is 13.7 Å². The largest absolute Gasteiger partial charge is 0.497 e. The van der Waals surface area contributed by atoms with Crippen molar-refractivity contribution in [2.45, 2.75) is 6.42 Å². The minimum absolute atomic E-state index is 0. The van der Waals surface area contributed by atoms with E-state index in [1.165, 1.54) is 13.0 Å². The van der Waals surface area contributed by atoms with Crippen LogP contribution in [0.3, 0.4) is 0 Å². The van der Waals surface area contributed by atoms with Gasteiger partial charge in [-0.25, -0.2) is 0 Å². The maximum Gasteiger partial charge on any atom is 0.193 e. The van der Waals surface area contributed by atoms with Crippen molar-refractivity contribution < 1.29 is 4.74 Å². The number of methoxy groups -OCH3 is 1. The molecule has 0 aliphatic carbocycles. The van der Waals surface area contributed by atoms with Crippen molar-refractivity contribution in [3.05, 3.63) is 24.3 Å². The van der Waals surface area contributed by atoms with Gasteiger partial charge in [-0.1, -0.05) is 0 Å². The highest BCUT2D eigenvalue weighted by Gasteiger charge is 2.10. The van der Waals surface area contributed by atoms with Crippen LogP contribution in [0, 0.1) is 0 Å². The molecule has 3 N–H and O–H groups in total. The van der Waals surface area contributed by atoms with Gasteiger partial charge in [-0.15, -0.1) is 24.0 Å². The summed E-state index contributed by atoms with van der Waals surface area (Å²) in [6.45, 7) is 6.24. The number of ether oxygens (including phenoxy) is 1. The van der Waals surface area contributed by atoms with Gasteiger partial charge < -0.3 is 25.6 Å². The van der Waals surface area contributed by atoms with Crippen LogP contribution in [-0.2, 0) is 0 Å². The summed E-state index contributed by atoms with van der Waals surface area (Å²) in [5.41, 5.74) is 6.84. The zero-order valence-electron chi connectivity index (χ0n) is 14.0. The molecule has 1 aliphatic heterocycles. The Labute approximate surface area is 156 Å². The average Bonchev–Trinajstić information content (AvgIpc) is 2.73. The summed E-state index contributed by atoms with van der Waals surface area (Å²) in [7, 11) is 3.83. The predicted octanol–water partition coefficient (Wildman–Crippen LogP) is 1.68. The lowest BCUT2D eigenvalue weighted by molar-refractivity contribution is 0.283. The first-order valence-corrected chi connectivity index (χ1v) is 7.79. The fourth-order valence-corrected chi connectivity index (χ4v) is 2.50. The highest BCUT2D eigenvalue weighted by Crippen LogP contribution is 2.14. The lowest BCUT2D eigenvalue weighted by atomic mass is 10.3. The molecular weight excluding hydrogens is 405 g/mol. The average molecular weight is 433 g/mol. The fourth-order valence-electron chi connectivity index (χ4n) is 2.50. The summed E-state index contributed by atoms with van der Waals surface area (Å²) >= 11 is 0. The Balaban J connectivity index is 0.00000264. The minimum Gasteiger partial charge on any atom is -0.497 e. The van der Waals surface area contributed by atoms with Gasteiger partial charge >= 0.3 is 0 Å². The van der Waals surface area contributed by atoms with Crippen LogP contribution < -0.4 is 15.8 Å². The van der Waals surface area contributed by atoms with E-state index in [4.69, 9.17) is 10.5 Å². The van der Waals surface area contributed by atoms with Crippen molar-refractivity contribution in [3.63, 3.8) is 0 Å². The number of halogens is 1. The summed E-state index contributed by atoms with van der Waals surface area (Å²) < 4.78 is 5.13. The number of aliphatic imine (C=N–C) groups is 1. The second-order valence-electron chi connectivity index (χ2n) is 5.62. The molecule has 0 spiro atoms. The Bertz CT molecular complexity index is 480. The number of rotatable bonds is 5. The van der Waals surface area contributed by atoms with Crippen molar-refractivity contribution in [2.24, 2.45) is 10.7 Å². The van der Waals surface area contributed by atoms with E-state index < -0.39 is 0 Å². The van der Waals surface area contributed by atoms with Crippen LogP contribution >= 0.6 is 24.0 Å². The number of anilines is 1. The predicted molar refractivity (Wildman–Crippen MR) is 107 cm³/mol. The molecule has 23 heavy (non-hydrogen) atoms. The highest BCUT2D eigenvalue weighted by atomic mass is 127. The molecule has 0 aromatic heterocycles. The van der Waals surface area contributed by atoms with Gasteiger partial charge in [0.25, 0.3) is 0 Å². The van der Waals surface area contributed by atoms with Crippen LogP contribution in [0.5, 0.6) is 5.75 Å². The van der Waals surface area contributed by atoms with Crippen molar-refractivity contribution in [3.8, 4) is 5.75 Å². The molecule has 1 aromatic rings. The zero-order chi connectivity index (χ0) is 15.8. The van der Waals surface area contributed by atoms with Gasteiger partial charge in [0.1, 0.15) is 5.75 Å². The maximum absolute atomic E-state index is 5.93. The first kappa shape index (κ1) is 20.0. The van der Waals surface area contributed by atoms with Gasteiger partial charge in [-0.3, -0.25) is 4.99 Å². The Morgan fingerprint density at radius 1 is 1.22 bits per heavy atom. The Morgan fingerprint density at radius 2 is 1.96 bits per heavy atom. The van der Waals surface area contributed by atoms with Gasteiger partial charge in [0, 0.05) is 25.3 Å². The number of hydrogen-bond acceptors (Lipinski definition) is 4. The first-order valence-electron chi connectivity index (χ1n) is 7.79. The Kier molecular flexibility index (Phi) is 9.27. The lowest BCUT2D eigenvalue weighted by Gasteiger charge is -2.18. The van der Waals surface area contributed by atoms with E-state index >= 15 is 0 Å². The number of nitrogens with two attached hydrogens (primary N) is 1. The summed E-state index contributed by atoms with van der Waals surface area (Å²) in [6, 6.07) is 7.63.